The number of benzene rings is 1. The number of hydrogen-bond acceptors (Lipinski definition) is 3. The Morgan fingerprint density at radius 2 is 2.19 bits per heavy atom. The monoisotopic (exact) mass is 217 g/mol. The molecule has 0 fully saturated rings. The summed E-state index contributed by atoms with van der Waals surface area (Å²) in [6.45, 7) is 0.619. The second-order valence-electron chi connectivity index (χ2n) is 3.52. The third-order valence-electron chi connectivity index (χ3n) is 2.43. The molecule has 4 heteroatoms. The molecule has 1 heterocycles. The maximum absolute atomic E-state index is 5.49. The quantitative estimate of drug-likeness (QED) is 0.817. The minimum atomic E-state index is 0.619. The largest absolute Gasteiger partial charge is 0.496 e. The molecule has 0 unspecified atom stereocenters. The van der Waals surface area contributed by atoms with E-state index >= 15 is 0 Å². The number of rotatable bonds is 4. The van der Waals surface area contributed by atoms with Crippen molar-refractivity contribution in [2.45, 2.75) is 6.42 Å². The predicted molar refractivity (Wildman–Crippen MR) is 63.3 cm³/mol. The average Bonchev–Trinajstić information content (AvgIpc) is 2.78. The number of aromatic amines is 1. The molecule has 0 saturated carbocycles. The van der Waals surface area contributed by atoms with Crippen molar-refractivity contribution >= 4 is 0 Å². The van der Waals surface area contributed by atoms with Crippen LogP contribution in [0, 0.1) is 0 Å². The van der Waals surface area contributed by atoms with Gasteiger partial charge in [-0.05, 0) is 24.7 Å². The molecule has 0 saturated heterocycles. The number of ether oxygens (including phenoxy) is 1. The van der Waals surface area contributed by atoms with E-state index in [1.807, 2.05) is 30.3 Å². The summed E-state index contributed by atoms with van der Waals surface area (Å²) in [6, 6.07) is 9.82. The highest BCUT2D eigenvalue weighted by Crippen LogP contribution is 2.28. The van der Waals surface area contributed by atoms with Crippen LogP contribution in [0.1, 0.15) is 5.69 Å². The maximum atomic E-state index is 5.49. The Balaban J connectivity index is 2.34. The van der Waals surface area contributed by atoms with E-state index in [2.05, 4.69) is 10.2 Å². The first-order chi connectivity index (χ1) is 7.85. The smallest absolute Gasteiger partial charge is 0.128 e. The fourth-order valence-electron chi connectivity index (χ4n) is 1.64. The molecule has 1 aromatic carbocycles. The van der Waals surface area contributed by atoms with Gasteiger partial charge in [0.25, 0.3) is 0 Å². The van der Waals surface area contributed by atoms with Gasteiger partial charge in [-0.25, -0.2) is 0 Å². The van der Waals surface area contributed by atoms with Gasteiger partial charge >= 0.3 is 0 Å². The van der Waals surface area contributed by atoms with Crippen LogP contribution in [-0.2, 0) is 6.42 Å². The fraction of sp³-hybridized carbons (Fsp3) is 0.250. The number of H-pyrrole nitrogens is 1. The topological polar surface area (TPSA) is 63.9 Å². The Kier molecular flexibility index (Phi) is 3.22. The number of nitrogens with zero attached hydrogens (tertiary/aromatic N) is 1. The van der Waals surface area contributed by atoms with Crippen molar-refractivity contribution < 1.29 is 4.74 Å². The van der Waals surface area contributed by atoms with Crippen LogP contribution in [0.2, 0.25) is 0 Å². The molecule has 2 aromatic rings. The zero-order valence-electron chi connectivity index (χ0n) is 9.23. The van der Waals surface area contributed by atoms with Crippen LogP contribution in [0.4, 0.5) is 0 Å². The van der Waals surface area contributed by atoms with E-state index in [9.17, 15) is 0 Å². The van der Waals surface area contributed by atoms with E-state index in [0.717, 1.165) is 29.1 Å². The molecule has 2 rings (SSSR count). The van der Waals surface area contributed by atoms with E-state index in [-0.39, 0.29) is 0 Å². The van der Waals surface area contributed by atoms with E-state index in [1.165, 1.54) is 0 Å². The van der Waals surface area contributed by atoms with Crippen LogP contribution in [-0.4, -0.2) is 23.9 Å². The molecule has 0 atom stereocenters. The second-order valence-corrected chi connectivity index (χ2v) is 3.52. The zero-order valence-corrected chi connectivity index (χ0v) is 9.23. The van der Waals surface area contributed by atoms with Crippen LogP contribution in [0.25, 0.3) is 11.3 Å². The van der Waals surface area contributed by atoms with Gasteiger partial charge in [-0.3, -0.25) is 5.10 Å². The van der Waals surface area contributed by atoms with Crippen molar-refractivity contribution in [3.63, 3.8) is 0 Å². The molecule has 4 nitrogen and oxygen atoms in total. The van der Waals surface area contributed by atoms with Crippen molar-refractivity contribution in [2.75, 3.05) is 13.7 Å². The maximum Gasteiger partial charge on any atom is 0.128 e. The van der Waals surface area contributed by atoms with E-state index < -0.39 is 0 Å². The van der Waals surface area contributed by atoms with Crippen LogP contribution >= 0.6 is 0 Å². The van der Waals surface area contributed by atoms with E-state index in [0.29, 0.717) is 6.54 Å². The molecule has 84 valence electrons. The van der Waals surface area contributed by atoms with Crippen LogP contribution in [0.5, 0.6) is 5.75 Å². The normalized spacial score (nSPS) is 10.4. The van der Waals surface area contributed by atoms with Gasteiger partial charge in [0.2, 0.25) is 0 Å². The van der Waals surface area contributed by atoms with Gasteiger partial charge in [-0.15, -0.1) is 0 Å². The molecule has 0 amide bonds. The lowest BCUT2D eigenvalue weighted by Gasteiger charge is -2.04. The summed E-state index contributed by atoms with van der Waals surface area (Å²) >= 11 is 0. The van der Waals surface area contributed by atoms with Gasteiger partial charge in [0.1, 0.15) is 5.75 Å². The van der Waals surface area contributed by atoms with Crippen molar-refractivity contribution in [1.29, 1.82) is 0 Å². The molecule has 0 aliphatic rings. The third-order valence-corrected chi connectivity index (χ3v) is 2.43. The first kappa shape index (κ1) is 10.7. The first-order valence-electron chi connectivity index (χ1n) is 5.23. The Hall–Kier alpha value is -1.81. The Morgan fingerprint density at radius 1 is 1.38 bits per heavy atom. The number of nitrogens with one attached hydrogen (secondary N) is 1. The highest BCUT2D eigenvalue weighted by molar-refractivity contribution is 5.67. The zero-order chi connectivity index (χ0) is 11.4. The van der Waals surface area contributed by atoms with Crippen LogP contribution in [0.3, 0.4) is 0 Å². The minimum Gasteiger partial charge on any atom is -0.496 e. The third kappa shape index (κ3) is 2.06. The Morgan fingerprint density at radius 3 is 2.94 bits per heavy atom. The van der Waals surface area contributed by atoms with E-state index in [1.54, 1.807) is 7.11 Å². The summed E-state index contributed by atoms with van der Waals surface area (Å²) in [6.07, 6.45) is 0.808. The summed E-state index contributed by atoms with van der Waals surface area (Å²) < 4.78 is 5.29. The number of para-hydroxylation sites is 1. The molecule has 0 radical (unpaired) electrons. The summed E-state index contributed by atoms with van der Waals surface area (Å²) in [5, 5.41) is 7.22. The highest BCUT2D eigenvalue weighted by atomic mass is 16.5. The second kappa shape index (κ2) is 4.81. The molecule has 0 aliphatic heterocycles. The molecule has 16 heavy (non-hydrogen) atoms. The number of hydrogen-bond donors (Lipinski definition) is 2. The van der Waals surface area contributed by atoms with Gasteiger partial charge in [0, 0.05) is 17.7 Å². The molecule has 0 bridgehead atoms. The van der Waals surface area contributed by atoms with Gasteiger partial charge in [-0.2, -0.15) is 5.10 Å². The summed E-state index contributed by atoms with van der Waals surface area (Å²) in [5.41, 5.74) is 8.42. The SMILES string of the molecule is COc1ccccc1-c1cc(CCN)[nH]n1. The van der Waals surface area contributed by atoms with Gasteiger partial charge in [0.15, 0.2) is 0 Å². The van der Waals surface area contributed by atoms with Crippen molar-refractivity contribution in [3.05, 3.63) is 36.0 Å². The summed E-state index contributed by atoms with van der Waals surface area (Å²) in [5.74, 6) is 0.827. The first-order valence-corrected chi connectivity index (χ1v) is 5.23. The Bertz CT molecular complexity index is 465. The standard InChI is InChI=1S/C12H15N3O/c1-16-12-5-3-2-4-10(12)11-8-9(6-7-13)14-15-11/h2-5,8H,6-7,13H2,1H3,(H,14,15). The summed E-state index contributed by atoms with van der Waals surface area (Å²) in [4.78, 5) is 0. The van der Waals surface area contributed by atoms with Crippen molar-refractivity contribution in [2.24, 2.45) is 5.73 Å². The van der Waals surface area contributed by atoms with Gasteiger partial charge < -0.3 is 10.5 Å². The minimum absolute atomic E-state index is 0.619. The number of nitrogens with two attached hydrogens (primary N) is 1. The lowest BCUT2D eigenvalue weighted by atomic mass is 10.1. The highest BCUT2D eigenvalue weighted by Gasteiger charge is 2.08. The molecule has 0 aliphatic carbocycles. The average molecular weight is 217 g/mol. The van der Waals surface area contributed by atoms with E-state index in [4.69, 9.17) is 10.5 Å². The van der Waals surface area contributed by atoms with Crippen LogP contribution < -0.4 is 10.5 Å². The number of methoxy groups -OCH3 is 1. The molecule has 1 aromatic heterocycles. The molecule has 0 spiro atoms. The molecular formula is C12H15N3O. The van der Waals surface area contributed by atoms with Gasteiger partial charge in [-0.1, -0.05) is 12.1 Å². The van der Waals surface area contributed by atoms with Crippen LogP contribution in [0.15, 0.2) is 30.3 Å². The van der Waals surface area contributed by atoms with Crippen molar-refractivity contribution in [3.8, 4) is 17.0 Å². The lowest BCUT2D eigenvalue weighted by molar-refractivity contribution is 0.416. The predicted octanol–water partition coefficient (Wildman–Crippen LogP) is 1.59. The molecular weight excluding hydrogens is 202 g/mol. The Labute approximate surface area is 94.4 Å². The summed E-state index contributed by atoms with van der Waals surface area (Å²) in [7, 11) is 1.66. The number of aromatic nitrogens is 2. The molecule has 3 N–H and O–H groups in total. The fourth-order valence-corrected chi connectivity index (χ4v) is 1.64. The van der Waals surface area contributed by atoms with Crippen molar-refractivity contribution in [1.82, 2.24) is 10.2 Å². The lowest BCUT2D eigenvalue weighted by Crippen LogP contribution is -2.02. The van der Waals surface area contributed by atoms with Gasteiger partial charge in [0.05, 0.1) is 12.8 Å².